The van der Waals surface area contributed by atoms with E-state index in [-0.39, 0.29) is 143 Å². The molecule has 15 aliphatic carbocycles. The van der Waals surface area contributed by atoms with E-state index in [2.05, 4.69) is 262 Å². The zero-order chi connectivity index (χ0) is 94.7. The van der Waals surface area contributed by atoms with Crippen LogP contribution in [0.5, 0.6) is 0 Å². The first-order valence-corrected chi connectivity index (χ1v) is 62.6. The third-order valence-electron chi connectivity index (χ3n) is 41.9. The van der Waals surface area contributed by atoms with Gasteiger partial charge in [0.1, 0.15) is 17.5 Å². The number of ether oxygens (including phenoxy) is 2. The van der Waals surface area contributed by atoms with Crippen molar-refractivity contribution in [3.05, 3.63) is 90.6 Å². The Hall–Kier alpha value is -3.71. The molecule has 734 valence electrons. The van der Waals surface area contributed by atoms with Crippen LogP contribution in [-0.4, -0.2) is 88.2 Å². The van der Waals surface area contributed by atoms with Crippen molar-refractivity contribution < 1.29 is 55.1 Å². The fourth-order valence-corrected chi connectivity index (χ4v) is 35.2. The van der Waals surface area contributed by atoms with Crippen LogP contribution in [0.2, 0.25) is 0 Å². The molecular weight excluding hydrogens is 2080 g/mol. The van der Waals surface area contributed by atoms with Crippen molar-refractivity contribution in [2.75, 3.05) is 30.4 Å². The molecule has 26 heteroatoms. The number of H-pyrrole nitrogens is 5. The van der Waals surface area contributed by atoms with Crippen LogP contribution in [-0.2, 0) is 69.6 Å². The number of nitrogens with zero attached hydrogens (tertiary/aromatic N) is 3. The summed E-state index contributed by atoms with van der Waals surface area (Å²) < 4.78 is 51.9. The molecular formula is C105H160BrClF3I3N11O7-. The summed E-state index contributed by atoms with van der Waals surface area (Å²) in [5.74, 6) is 2.64. The average molecular weight is 2240 g/mol. The van der Waals surface area contributed by atoms with Gasteiger partial charge in [0.2, 0.25) is 11.1 Å². The van der Waals surface area contributed by atoms with Crippen molar-refractivity contribution in [2.24, 2.45) is 129 Å². The number of hydrogen-bond donors (Lipinski definition) is 8. The number of alkyl halides is 3. The third kappa shape index (κ3) is 15.5. The zero-order valence-electron chi connectivity index (χ0n) is 81.5. The second kappa shape index (κ2) is 35.2. The molecule has 11 unspecified atom stereocenters. The topological polar surface area (TPSA) is 299 Å². The van der Waals surface area contributed by atoms with E-state index in [1.807, 2.05) is 0 Å². The first-order valence-electron chi connectivity index (χ1n) is 48.8. The number of anilines is 3. The van der Waals surface area contributed by atoms with E-state index in [1.165, 1.54) is 65.0 Å². The van der Waals surface area contributed by atoms with Crippen LogP contribution in [0.1, 0.15) is 368 Å². The maximum atomic E-state index is 15.6. The molecule has 4 aromatic rings. The summed E-state index contributed by atoms with van der Waals surface area (Å²) in [5.41, 5.74) is 30.8. The number of fused-ring (bicyclic) bond motifs is 24. The summed E-state index contributed by atoms with van der Waals surface area (Å²) in [6.45, 7) is 54.9. The number of Topliss-reactive ketones (excluding diaryl/α,β-unsaturated/α-hetero) is 1. The molecule has 11 N–H and O–H groups in total. The Bertz CT molecular complexity index is 5220. The Balaban J connectivity index is 0.000000157. The summed E-state index contributed by atoms with van der Waals surface area (Å²) in [6.07, 6.45) is 32.5. The number of ketones is 1. The van der Waals surface area contributed by atoms with Gasteiger partial charge in [0.15, 0.2) is 5.78 Å². The van der Waals surface area contributed by atoms with E-state index in [9.17, 15) is 28.4 Å². The van der Waals surface area contributed by atoms with Gasteiger partial charge in [-0.15, -0.1) is 0 Å². The Kier molecular flexibility index (Phi) is 28.1. The first-order chi connectivity index (χ1) is 59.8. The van der Waals surface area contributed by atoms with E-state index in [1.54, 1.807) is 25.0 Å². The predicted molar refractivity (Wildman–Crippen MR) is 537 cm³/mol. The van der Waals surface area contributed by atoms with E-state index in [4.69, 9.17) is 33.5 Å². The van der Waals surface area contributed by atoms with Crippen molar-refractivity contribution in [1.29, 1.82) is 0 Å². The molecule has 0 aliphatic heterocycles. The summed E-state index contributed by atoms with van der Waals surface area (Å²) >= 11 is 14.2. The number of allylic oxidation sites excluding steroid dienone is 6. The van der Waals surface area contributed by atoms with E-state index in [0.717, 1.165) is 135 Å². The minimum absolute atomic E-state index is 0. The third-order valence-corrected chi connectivity index (χ3v) is 42.7. The van der Waals surface area contributed by atoms with Crippen molar-refractivity contribution in [3.8, 4) is 0 Å². The van der Waals surface area contributed by atoms with Gasteiger partial charge in [-0.25, -0.2) is 18.4 Å². The van der Waals surface area contributed by atoms with Gasteiger partial charge in [-0.2, -0.15) is 19.7 Å². The molecule has 0 saturated heterocycles. The van der Waals surface area contributed by atoms with Crippen molar-refractivity contribution in [1.82, 2.24) is 40.8 Å². The second-order valence-electron chi connectivity index (χ2n) is 49.8. The number of nitrogens with two attached hydrogens (primary N) is 3. The number of rotatable bonds is 8. The van der Waals surface area contributed by atoms with Gasteiger partial charge in [0.25, 0.3) is 16.8 Å². The Morgan fingerprint density at radius 1 is 0.473 bits per heavy atom. The summed E-state index contributed by atoms with van der Waals surface area (Å²) in [5, 5.41) is 27.2. The van der Waals surface area contributed by atoms with E-state index >= 15 is 8.78 Å². The van der Waals surface area contributed by atoms with Crippen LogP contribution in [0.3, 0.4) is 0 Å². The zero-order valence-corrected chi connectivity index (χ0v) is 90.4. The van der Waals surface area contributed by atoms with Gasteiger partial charge >= 0.3 is 62.4 Å². The molecule has 9 saturated carbocycles. The molecule has 15 aliphatic rings. The Morgan fingerprint density at radius 3 is 1.13 bits per heavy atom. The summed E-state index contributed by atoms with van der Waals surface area (Å²) in [4.78, 5) is 62.0. The number of nitrogen functional groups attached to an aromatic ring is 3. The molecule has 0 amide bonds. The monoisotopic (exact) mass is 2240 g/mol. The average Bonchev–Trinajstić information content (AvgIpc) is 1.40. The van der Waals surface area contributed by atoms with Gasteiger partial charge in [0.05, 0.1) is 24.3 Å². The van der Waals surface area contributed by atoms with Gasteiger partial charge in [0, 0.05) is 60.8 Å². The van der Waals surface area contributed by atoms with Crippen LogP contribution >= 0.6 is 64.8 Å². The maximum absolute atomic E-state index is 15.6. The van der Waals surface area contributed by atoms with Crippen LogP contribution < -0.4 is 36.0 Å². The van der Waals surface area contributed by atoms with Crippen LogP contribution in [0.25, 0.3) is 0 Å². The van der Waals surface area contributed by atoms with Crippen LogP contribution in [0.4, 0.5) is 30.6 Å². The molecule has 0 spiro atoms. The normalized spacial score (nSPS) is 40.3. The van der Waals surface area contributed by atoms with Crippen LogP contribution in [0.15, 0.2) is 39.7 Å². The Labute approximate surface area is 824 Å². The minimum atomic E-state index is -2.21. The first kappa shape index (κ1) is 105. The van der Waals surface area contributed by atoms with E-state index < -0.39 is 45.8 Å². The molecule has 19 rings (SSSR count). The Morgan fingerprint density at radius 2 is 0.786 bits per heavy atom. The van der Waals surface area contributed by atoms with Gasteiger partial charge in [-0.1, -0.05) is 195 Å². The predicted octanol–water partition coefficient (Wildman–Crippen LogP) is 23.1. The number of nitrogens with one attached hydrogen (secondary N) is 5. The molecule has 4 aromatic heterocycles. The van der Waals surface area contributed by atoms with Crippen molar-refractivity contribution in [2.45, 2.75) is 380 Å². The number of aromatic nitrogens is 8. The molecule has 0 aromatic carbocycles. The standard InChI is InChI=1S/C35H52FN3O3.C33H48FN5O.C31H46ClN3O.C4H6BrFO2.2CH4.I3/c1-9-42-29(41)25(36)27(40)35-16-14-30(2,3)19-22(35)21-10-11-24-32(6)18-20-26(38-39-28(20)37)31(4,5)23(32)12-13-34(24,8)33(21,7)15-17-35;1-28(2)12-14-33(25-23(34)27(40)39-37-25)15-13-31(6)19(20(33)17-28)8-9-22-30(5)16-18-24(36-38-26(18)35)29(3,4)21(30)10-11-32(22,31)7;1-26(2)12-14-31(25(32)36)15-13-29(6)19(20(31)17-26)8-9-22-28(5)16-18-23(34-35-24(18)33)27(3,4)21(28)10-11-30(22,29)7;1-2-8-4(7)3(5)6;;;1-3-2/h10,22-25H,9,11-19H2,1-8H3,(H3,37,38,39);8,20-22H,9-17H2,1-7H3,(H3,35,36,38)(H2,37,39,40);8,20-22H,9-17H2,1-7H3,(H3,33,34,35);3H,2H2,1H3;2*1H4;/q;;;;;;-1/t22?,23?,24?,25?,32-,33+,34+,35-;20?,21?,22?,30-,31+,32+,33-;20?,21?,22?,28-,29+,30+,31-;;;;/m000..../s1. The number of carbonyl (C=O) groups is 4. The number of hydrogen-bond acceptors (Lipinski definition) is 13. The molecule has 0 radical (unpaired) electrons. The fourth-order valence-electron chi connectivity index (χ4n) is 34.8. The molecule has 4 heterocycles. The van der Waals surface area contributed by atoms with Crippen molar-refractivity contribution in [3.63, 3.8) is 0 Å². The number of esters is 2. The van der Waals surface area contributed by atoms with Gasteiger partial charge < -0.3 is 26.7 Å². The quantitative estimate of drug-likeness (QED) is 0.0204. The van der Waals surface area contributed by atoms with Crippen molar-refractivity contribution >= 4 is 105 Å². The van der Waals surface area contributed by atoms with Gasteiger partial charge in [-0.05, 0) is 333 Å². The number of carbonyl (C=O) groups excluding carboxylic acids is 4. The molecule has 9 fully saturated rings. The molecule has 131 heavy (non-hydrogen) atoms. The SMILES string of the molecule is C.C.CC1(C)CC[C@]2(C(=O)Cl)CC[C@]3(C)C(=CCC4[C@@]5(C)Cc6c(N)n[nH]c6C(C)(C)C5CC[C@]43C)C2C1.CC1(C)CC[C@]2(c3[nH][nH]c(=O)c3F)CC[C@]3(C)C(=CCC4[C@@]5(C)Cc6c(N)n[nH]c6C(C)(C)C5CC[C@]43C)C2C1.CCOC(=O)C(F)Br.CCOC(=O)C(F)C(=O)[C@]12CCC(C)(C)CC1C1=CCC3[C@@]4(C)Cc5c(N)n[nH]c5C(C)(C)C4CC[C@@]3(C)[C@]1(C)CC2.I[I-]I. The van der Waals surface area contributed by atoms with Crippen LogP contribution in [0, 0.1) is 135 Å². The summed E-state index contributed by atoms with van der Waals surface area (Å²) in [7, 11) is 0. The molecule has 23 atom stereocenters. The number of aromatic amines is 5. The van der Waals surface area contributed by atoms with E-state index in [0.29, 0.717) is 84.8 Å². The molecule has 18 nitrogen and oxygen atoms in total. The summed E-state index contributed by atoms with van der Waals surface area (Å²) in [6, 6.07) is 0. The second-order valence-corrected chi connectivity index (χ2v) is 67.2. The molecule has 0 bridgehead atoms. The number of halogens is 8. The fraction of sp³-hybridized carbons (Fsp3) is 0.790. The van der Waals surface area contributed by atoms with Gasteiger partial charge in [-0.3, -0.25) is 39.9 Å².